The van der Waals surface area contributed by atoms with Gasteiger partial charge >= 0.3 is 0 Å². The van der Waals surface area contributed by atoms with Gasteiger partial charge in [-0.2, -0.15) is 5.10 Å². The molecule has 23 heavy (non-hydrogen) atoms. The molecule has 1 aromatic heterocycles. The number of para-hydroxylation sites is 1. The Balaban J connectivity index is 1.77. The van der Waals surface area contributed by atoms with Gasteiger partial charge in [-0.05, 0) is 49.3 Å². The maximum absolute atomic E-state index is 12.2. The van der Waals surface area contributed by atoms with E-state index in [-0.39, 0.29) is 18.0 Å². The fourth-order valence-electron chi connectivity index (χ4n) is 2.97. The number of nitrogens with one attached hydrogen (secondary N) is 1. The number of hydrogen-bond acceptors (Lipinski definition) is 3. The van der Waals surface area contributed by atoms with Crippen molar-refractivity contribution in [1.29, 1.82) is 0 Å². The summed E-state index contributed by atoms with van der Waals surface area (Å²) in [4.78, 5) is 24.4. The van der Waals surface area contributed by atoms with Gasteiger partial charge in [-0.15, -0.1) is 0 Å². The summed E-state index contributed by atoms with van der Waals surface area (Å²) < 4.78 is 1.27. The number of anilines is 1. The van der Waals surface area contributed by atoms with Gasteiger partial charge in [0.1, 0.15) is 6.54 Å². The van der Waals surface area contributed by atoms with Crippen molar-refractivity contribution in [3.8, 4) is 0 Å². The highest BCUT2D eigenvalue weighted by Crippen LogP contribution is 2.22. The van der Waals surface area contributed by atoms with Gasteiger partial charge in [0, 0.05) is 11.8 Å². The Morgan fingerprint density at radius 2 is 2.17 bits per heavy atom. The highest BCUT2D eigenvalue weighted by molar-refractivity contribution is 5.91. The van der Waals surface area contributed by atoms with Crippen LogP contribution in [-0.2, 0) is 24.2 Å². The smallest absolute Gasteiger partial charge is 0.267 e. The minimum Gasteiger partial charge on any atom is -0.324 e. The third-order valence-corrected chi connectivity index (χ3v) is 4.32. The Morgan fingerprint density at radius 3 is 2.96 bits per heavy atom. The molecule has 120 valence electrons. The summed E-state index contributed by atoms with van der Waals surface area (Å²) in [6, 6.07) is 9.20. The first-order valence-electron chi connectivity index (χ1n) is 7.98. The van der Waals surface area contributed by atoms with E-state index in [0.717, 1.165) is 41.8 Å². The number of nitrogens with zero attached hydrogens (tertiary/aromatic N) is 2. The maximum Gasteiger partial charge on any atom is 0.267 e. The lowest BCUT2D eigenvalue weighted by Gasteiger charge is -2.20. The Labute approximate surface area is 135 Å². The van der Waals surface area contributed by atoms with Crippen LogP contribution in [0.2, 0.25) is 0 Å². The molecule has 2 aromatic rings. The first-order valence-corrected chi connectivity index (χ1v) is 7.98. The van der Waals surface area contributed by atoms with Crippen LogP contribution >= 0.6 is 0 Å². The van der Waals surface area contributed by atoms with Crippen molar-refractivity contribution in [2.45, 2.75) is 39.7 Å². The number of hydrogen-bond donors (Lipinski definition) is 1. The normalized spacial score (nSPS) is 16.7. The molecule has 0 radical (unpaired) electrons. The Morgan fingerprint density at radius 1 is 1.39 bits per heavy atom. The number of benzene rings is 1. The largest absolute Gasteiger partial charge is 0.324 e. The standard InChI is InChI=1S/C18H21N3O2/c1-12-7-8-16-14(9-12)10-18(23)21(20-16)11-17(22)19-15-6-4-3-5-13(15)2/h3-6,10,12H,7-9,11H2,1-2H3,(H,19,22)/t12-/m0/s1. The van der Waals surface area contributed by atoms with Gasteiger partial charge in [-0.1, -0.05) is 25.1 Å². The number of fused-ring (bicyclic) bond motifs is 1. The average molecular weight is 311 g/mol. The van der Waals surface area contributed by atoms with Crippen LogP contribution < -0.4 is 10.9 Å². The highest BCUT2D eigenvalue weighted by atomic mass is 16.2. The number of rotatable bonds is 3. The Bertz CT molecular complexity index is 795. The zero-order chi connectivity index (χ0) is 16.4. The van der Waals surface area contributed by atoms with Gasteiger partial charge in [0.2, 0.25) is 5.91 Å². The highest BCUT2D eigenvalue weighted by Gasteiger charge is 2.18. The number of carbonyl (C=O) groups excluding carboxylic acids is 1. The van der Waals surface area contributed by atoms with Crippen molar-refractivity contribution in [3.63, 3.8) is 0 Å². The van der Waals surface area contributed by atoms with Gasteiger partial charge in [-0.3, -0.25) is 9.59 Å². The minimum absolute atomic E-state index is 0.0595. The van der Waals surface area contributed by atoms with Gasteiger partial charge in [0.25, 0.3) is 5.56 Å². The fourth-order valence-corrected chi connectivity index (χ4v) is 2.97. The minimum atomic E-state index is -0.238. The van der Waals surface area contributed by atoms with E-state index in [4.69, 9.17) is 0 Å². The van der Waals surface area contributed by atoms with Crippen molar-refractivity contribution >= 4 is 11.6 Å². The Hall–Kier alpha value is -2.43. The van der Waals surface area contributed by atoms with E-state index in [9.17, 15) is 9.59 Å². The average Bonchev–Trinajstić information content (AvgIpc) is 2.50. The molecule has 1 amide bonds. The second-order valence-electron chi connectivity index (χ2n) is 6.32. The zero-order valence-electron chi connectivity index (χ0n) is 13.5. The SMILES string of the molecule is Cc1ccccc1NC(=O)Cn1nc2c(cc1=O)C[C@@H](C)CC2. The molecule has 0 aliphatic heterocycles. The zero-order valence-corrected chi connectivity index (χ0v) is 13.5. The number of amides is 1. The van der Waals surface area contributed by atoms with Gasteiger partial charge in [0.15, 0.2) is 0 Å². The fraction of sp³-hybridized carbons (Fsp3) is 0.389. The molecule has 3 rings (SSSR count). The quantitative estimate of drug-likeness (QED) is 0.946. The van der Waals surface area contributed by atoms with Crippen LogP contribution in [0.3, 0.4) is 0 Å². The monoisotopic (exact) mass is 311 g/mol. The number of aromatic nitrogens is 2. The molecule has 0 fully saturated rings. The van der Waals surface area contributed by atoms with Crippen molar-refractivity contribution in [2.75, 3.05) is 5.32 Å². The van der Waals surface area contributed by atoms with Crippen LogP contribution in [-0.4, -0.2) is 15.7 Å². The topological polar surface area (TPSA) is 64.0 Å². The second-order valence-corrected chi connectivity index (χ2v) is 6.32. The van der Waals surface area contributed by atoms with E-state index in [1.165, 1.54) is 4.68 Å². The number of aryl methyl sites for hydroxylation is 2. The molecular formula is C18H21N3O2. The van der Waals surface area contributed by atoms with Crippen molar-refractivity contribution < 1.29 is 4.79 Å². The van der Waals surface area contributed by atoms with E-state index >= 15 is 0 Å². The molecule has 1 aliphatic carbocycles. The second kappa shape index (κ2) is 6.36. The van der Waals surface area contributed by atoms with Gasteiger partial charge < -0.3 is 5.32 Å². The molecule has 0 bridgehead atoms. The van der Waals surface area contributed by atoms with E-state index in [1.54, 1.807) is 6.07 Å². The predicted molar refractivity (Wildman–Crippen MR) is 89.5 cm³/mol. The first-order chi connectivity index (χ1) is 11.0. The third kappa shape index (κ3) is 3.50. The van der Waals surface area contributed by atoms with Crippen molar-refractivity contribution in [2.24, 2.45) is 5.92 Å². The van der Waals surface area contributed by atoms with Crippen LogP contribution in [0, 0.1) is 12.8 Å². The van der Waals surface area contributed by atoms with Gasteiger partial charge in [0.05, 0.1) is 5.69 Å². The summed E-state index contributed by atoms with van der Waals surface area (Å²) in [5.74, 6) is 0.349. The van der Waals surface area contributed by atoms with Crippen molar-refractivity contribution in [1.82, 2.24) is 9.78 Å². The Kier molecular flexibility index (Phi) is 4.28. The van der Waals surface area contributed by atoms with Crippen LogP contribution in [0.25, 0.3) is 0 Å². The lowest BCUT2D eigenvalue weighted by Crippen LogP contribution is -2.32. The predicted octanol–water partition coefficient (Wildman–Crippen LogP) is 2.32. The molecule has 1 aliphatic rings. The lowest BCUT2D eigenvalue weighted by atomic mass is 9.88. The molecule has 0 saturated heterocycles. The molecule has 1 heterocycles. The summed E-state index contributed by atoms with van der Waals surface area (Å²) in [5, 5.41) is 7.23. The summed E-state index contributed by atoms with van der Waals surface area (Å²) in [6.07, 6.45) is 2.84. The maximum atomic E-state index is 12.2. The third-order valence-electron chi connectivity index (χ3n) is 4.32. The van der Waals surface area contributed by atoms with E-state index in [1.807, 2.05) is 31.2 Å². The molecule has 0 saturated carbocycles. The van der Waals surface area contributed by atoms with Gasteiger partial charge in [-0.25, -0.2) is 4.68 Å². The molecular weight excluding hydrogens is 290 g/mol. The lowest BCUT2D eigenvalue weighted by molar-refractivity contribution is -0.117. The molecule has 0 unspecified atom stereocenters. The van der Waals surface area contributed by atoms with Crippen LogP contribution in [0.15, 0.2) is 35.1 Å². The summed E-state index contributed by atoms with van der Waals surface area (Å²) >= 11 is 0. The molecule has 5 nitrogen and oxygen atoms in total. The van der Waals surface area contributed by atoms with E-state index in [2.05, 4.69) is 17.3 Å². The molecule has 1 aromatic carbocycles. The first kappa shape index (κ1) is 15.5. The molecule has 1 atom stereocenters. The molecule has 0 spiro atoms. The van der Waals surface area contributed by atoms with Crippen LogP contribution in [0.5, 0.6) is 0 Å². The number of carbonyl (C=O) groups is 1. The van der Waals surface area contributed by atoms with Crippen molar-refractivity contribution in [3.05, 3.63) is 57.5 Å². The molecule has 5 heteroatoms. The van der Waals surface area contributed by atoms with E-state index in [0.29, 0.717) is 5.92 Å². The summed E-state index contributed by atoms with van der Waals surface area (Å²) in [7, 11) is 0. The molecule has 1 N–H and O–H groups in total. The van der Waals surface area contributed by atoms with Crippen LogP contribution in [0.1, 0.15) is 30.2 Å². The van der Waals surface area contributed by atoms with E-state index < -0.39 is 0 Å². The summed E-state index contributed by atoms with van der Waals surface area (Å²) in [5.41, 5.74) is 3.52. The van der Waals surface area contributed by atoms with Crippen LogP contribution in [0.4, 0.5) is 5.69 Å². The summed E-state index contributed by atoms with van der Waals surface area (Å²) in [6.45, 7) is 4.06.